The lowest BCUT2D eigenvalue weighted by atomic mass is 9.81. The molecule has 2 heterocycles. The third-order valence-corrected chi connectivity index (χ3v) is 9.54. The topological polar surface area (TPSA) is 9.86 Å². The minimum atomic E-state index is -0.0224. The molecule has 8 aromatic rings. The van der Waals surface area contributed by atoms with Crippen LogP contribution < -0.4 is 0 Å². The largest absolute Gasteiger partial charge is 0.316 e. The molecular formula is C41H30N2. The second-order valence-corrected chi connectivity index (χ2v) is 12.3. The van der Waals surface area contributed by atoms with Gasteiger partial charge in [-0.25, -0.2) is 0 Å². The molecule has 1 aliphatic carbocycles. The van der Waals surface area contributed by atoms with E-state index >= 15 is 0 Å². The Morgan fingerprint density at radius 1 is 0.512 bits per heavy atom. The number of fused-ring (bicyclic) bond motifs is 8. The van der Waals surface area contributed by atoms with Crippen molar-refractivity contribution in [1.29, 1.82) is 0 Å². The molecule has 0 spiro atoms. The van der Waals surface area contributed by atoms with Crippen molar-refractivity contribution in [3.05, 3.63) is 157 Å². The molecule has 2 nitrogen and oxygen atoms in total. The molecule has 2 aromatic heterocycles. The van der Waals surface area contributed by atoms with Gasteiger partial charge in [0.25, 0.3) is 0 Å². The molecule has 0 aliphatic heterocycles. The maximum absolute atomic E-state index is 2.43. The lowest BCUT2D eigenvalue weighted by molar-refractivity contribution is 0.660. The number of benzene rings is 6. The average Bonchev–Trinajstić information content (AvgIpc) is 3.70. The highest BCUT2D eigenvalue weighted by atomic mass is 15.0. The van der Waals surface area contributed by atoms with E-state index in [1.165, 1.54) is 77.5 Å². The molecule has 204 valence electrons. The summed E-state index contributed by atoms with van der Waals surface area (Å²) in [6.07, 6.45) is 2.19. The highest BCUT2D eigenvalue weighted by Gasteiger charge is 2.35. The normalized spacial score (nSPS) is 13.5. The molecule has 1 aliphatic rings. The average molecular weight is 551 g/mol. The van der Waals surface area contributed by atoms with Gasteiger partial charge >= 0.3 is 0 Å². The molecule has 0 bridgehead atoms. The van der Waals surface area contributed by atoms with E-state index in [2.05, 4.69) is 169 Å². The van der Waals surface area contributed by atoms with Crippen LogP contribution in [-0.2, 0) is 5.41 Å². The van der Waals surface area contributed by atoms with Crippen molar-refractivity contribution in [2.75, 3.05) is 0 Å². The van der Waals surface area contributed by atoms with Crippen molar-refractivity contribution in [2.24, 2.45) is 0 Å². The summed E-state index contributed by atoms with van der Waals surface area (Å²) in [7, 11) is 0. The lowest BCUT2D eigenvalue weighted by Crippen LogP contribution is -2.14. The van der Waals surface area contributed by atoms with E-state index in [-0.39, 0.29) is 5.41 Å². The number of nitrogens with zero attached hydrogens (tertiary/aromatic N) is 2. The summed E-state index contributed by atoms with van der Waals surface area (Å²) in [5, 5.41) is 3.79. The Hall–Kier alpha value is -5.34. The first kappa shape index (κ1) is 24.3. The van der Waals surface area contributed by atoms with Gasteiger partial charge in [-0.2, -0.15) is 0 Å². The Morgan fingerprint density at radius 3 is 2.16 bits per heavy atom. The fourth-order valence-corrected chi connectivity index (χ4v) is 7.47. The summed E-state index contributed by atoms with van der Waals surface area (Å²) in [4.78, 5) is 0. The van der Waals surface area contributed by atoms with Crippen LogP contribution in [0.5, 0.6) is 0 Å². The van der Waals surface area contributed by atoms with Crippen molar-refractivity contribution < 1.29 is 0 Å². The standard InChI is InChI=1S/C41H30N2/c1-41(2)35-17-8-6-15-32(35)33-21-19-29(26-36(33)41)28-11-10-14-31(25-28)43-37-18-9-7-16-34(37)39-38(43)22-20-27-23-24-42(40(27)39)30-12-4-3-5-13-30/h3-26H,1-2H3. The van der Waals surface area contributed by atoms with E-state index in [0.29, 0.717) is 0 Å². The van der Waals surface area contributed by atoms with Crippen LogP contribution in [0.4, 0.5) is 0 Å². The molecule has 0 saturated heterocycles. The Labute approximate surface area is 251 Å². The van der Waals surface area contributed by atoms with Gasteiger partial charge in [-0.15, -0.1) is 0 Å². The van der Waals surface area contributed by atoms with Gasteiger partial charge in [0.15, 0.2) is 0 Å². The van der Waals surface area contributed by atoms with Crippen molar-refractivity contribution >= 4 is 32.7 Å². The first-order valence-corrected chi connectivity index (χ1v) is 15.0. The summed E-state index contributed by atoms with van der Waals surface area (Å²) in [5.41, 5.74) is 14.0. The maximum Gasteiger partial charge on any atom is 0.0628 e. The van der Waals surface area contributed by atoms with Gasteiger partial charge in [-0.05, 0) is 81.9 Å². The molecule has 0 amide bonds. The second kappa shape index (κ2) is 8.83. The van der Waals surface area contributed by atoms with Crippen molar-refractivity contribution in [2.45, 2.75) is 19.3 Å². The first-order chi connectivity index (χ1) is 21.1. The van der Waals surface area contributed by atoms with E-state index < -0.39 is 0 Å². The summed E-state index contributed by atoms with van der Waals surface area (Å²) in [5.74, 6) is 0. The molecule has 43 heavy (non-hydrogen) atoms. The fraction of sp³-hybridized carbons (Fsp3) is 0.0732. The molecule has 9 rings (SSSR count). The van der Waals surface area contributed by atoms with Crippen molar-refractivity contribution in [1.82, 2.24) is 9.13 Å². The Balaban J connectivity index is 1.25. The molecule has 0 atom stereocenters. The fourth-order valence-electron chi connectivity index (χ4n) is 7.47. The van der Waals surface area contributed by atoms with Gasteiger partial charge in [0.05, 0.1) is 16.6 Å². The highest BCUT2D eigenvalue weighted by molar-refractivity contribution is 6.20. The number of rotatable bonds is 3. The molecule has 0 radical (unpaired) electrons. The third kappa shape index (κ3) is 3.41. The van der Waals surface area contributed by atoms with Crippen LogP contribution in [0.25, 0.3) is 66.3 Å². The number of hydrogen-bond donors (Lipinski definition) is 0. The SMILES string of the molecule is CC1(C)c2ccccc2-c2ccc(-c3cccc(-n4c5ccccc5c5c6c(ccc54)ccn6-c4ccccc4)c3)cc21. The zero-order valence-corrected chi connectivity index (χ0v) is 24.3. The Kier molecular flexibility index (Phi) is 4.99. The van der Waals surface area contributed by atoms with E-state index in [1.807, 2.05) is 0 Å². The Morgan fingerprint density at radius 2 is 1.26 bits per heavy atom. The molecule has 6 aromatic carbocycles. The van der Waals surface area contributed by atoms with E-state index in [0.717, 1.165) is 0 Å². The Bertz CT molecular complexity index is 2370. The van der Waals surface area contributed by atoms with Crippen LogP contribution in [0, 0.1) is 0 Å². The number of hydrogen-bond acceptors (Lipinski definition) is 0. The van der Waals surface area contributed by atoms with Crippen molar-refractivity contribution in [3.63, 3.8) is 0 Å². The van der Waals surface area contributed by atoms with Gasteiger partial charge in [0.1, 0.15) is 0 Å². The number of aromatic nitrogens is 2. The van der Waals surface area contributed by atoms with Crippen LogP contribution in [0.3, 0.4) is 0 Å². The lowest BCUT2D eigenvalue weighted by Gasteiger charge is -2.22. The summed E-state index contributed by atoms with van der Waals surface area (Å²) in [6, 6.07) is 51.1. The zero-order valence-electron chi connectivity index (χ0n) is 24.3. The van der Waals surface area contributed by atoms with Gasteiger partial charge in [-0.1, -0.05) is 105 Å². The third-order valence-electron chi connectivity index (χ3n) is 9.54. The summed E-state index contributed by atoms with van der Waals surface area (Å²) < 4.78 is 4.76. The molecule has 0 N–H and O–H groups in total. The van der Waals surface area contributed by atoms with Gasteiger partial charge in [-0.3, -0.25) is 0 Å². The molecule has 0 saturated carbocycles. The quantitative estimate of drug-likeness (QED) is 0.207. The first-order valence-electron chi connectivity index (χ1n) is 15.0. The molecule has 2 heteroatoms. The highest BCUT2D eigenvalue weighted by Crippen LogP contribution is 2.49. The summed E-state index contributed by atoms with van der Waals surface area (Å²) >= 11 is 0. The van der Waals surface area contributed by atoms with Crippen LogP contribution in [0.15, 0.2) is 146 Å². The smallest absolute Gasteiger partial charge is 0.0628 e. The summed E-state index contributed by atoms with van der Waals surface area (Å²) in [6.45, 7) is 4.70. The number of para-hydroxylation sites is 2. The van der Waals surface area contributed by atoms with Gasteiger partial charge < -0.3 is 9.13 Å². The molecular weight excluding hydrogens is 520 g/mol. The van der Waals surface area contributed by atoms with Crippen LogP contribution in [0.1, 0.15) is 25.0 Å². The predicted molar refractivity (Wildman–Crippen MR) is 181 cm³/mol. The molecule has 0 fully saturated rings. The minimum absolute atomic E-state index is 0.0224. The van der Waals surface area contributed by atoms with Gasteiger partial charge in [0.2, 0.25) is 0 Å². The van der Waals surface area contributed by atoms with Crippen LogP contribution in [-0.4, -0.2) is 9.13 Å². The van der Waals surface area contributed by atoms with Crippen LogP contribution >= 0.6 is 0 Å². The minimum Gasteiger partial charge on any atom is -0.316 e. The predicted octanol–water partition coefficient (Wildman–Crippen LogP) is 10.7. The van der Waals surface area contributed by atoms with Gasteiger partial charge in [0, 0.05) is 39.1 Å². The maximum atomic E-state index is 2.43. The second-order valence-electron chi connectivity index (χ2n) is 12.3. The van der Waals surface area contributed by atoms with E-state index in [4.69, 9.17) is 0 Å². The van der Waals surface area contributed by atoms with Crippen molar-refractivity contribution in [3.8, 4) is 33.6 Å². The zero-order chi connectivity index (χ0) is 28.7. The van der Waals surface area contributed by atoms with E-state index in [1.54, 1.807) is 0 Å². The molecule has 0 unspecified atom stereocenters. The van der Waals surface area contributed by atoms with E-state index in [9.17, 15) is 0 Å². The van der Waals surface area contributed by atoms with Crippen LogP contribution in [0.2, 0.25) is 0 Å². The monoisotopic (exact) mass is 550 g/mol.